The number of nitrogens with two attached hydrogens (primary N) is 1. The topological polar surface area (TPSA) is 43.1 Å². The Hall–Kier alpha value is 0.158. The van der Waals surface area contributed by atoms with Crippen molar-refractivity contribution in [2.75, 3.05) is 0 Å². The first-order valence-electron chi connectivity index (χ1n) is 0.569. The van der Waals surface area contributed by atoms with Crippen LogP contribution in [0.15, 0.2) is 0 Å². The van der Waals surface area contributed by atoms with Gasteiger partial charge in [-0.05, 0) is 0 Å². The molecule has 0 bridgehead atoms. The average molecular weight is 240 g/mol. The number of hydrogen-bond donors (Lipinski definition) is 1. The van der Waals surface area contributed by atoms with Crippen LogP contribution in [-0.2, 0) is 25.9 Å². The van der Waals surface area contributed by atoms with Gasteiger partial charge in [0.2, 0.25) is 6.41 Å². The molecule has 0 atom stereocenters. The molecule has 0 aromatic rings. The Bertz CT molecular complexity index is 15.5. The summed E-state index contributed by atoms with van der Waals surface area (Å²) in [6.45, 7) is 0. The van der Waals surface area contributed by atoms with Crippen LogP contribution in [0.4, 0.5) is 0 Å². The van der Waals surface area contributed by atoms with Crippen molar-refractivity contribution in [3.05, 3.63) is 0 Å². The van der Waals surface area contributed by atoms with Crippen LogP contribution < -0.4 is 5.73 Å². The molecular weight excluding hydrogens is 237 g/mol. The van der Waals surface area contributed by atoms with E-state index in [-0.39, 0.29) is 27.5 Å². The van der Waals surface area contributed by atoms with Crippen LogP contribution >= 0.6 is 0 Å². The fourth-order valence-electron chi connectivity index (χ4n) is 0. The van der Waals surface area contributed by atoms with Crippen LogP contribution in [0.3, 0.4) is 0 Å². The van der Waals surface area contributed by atoms with Crippen molar-refractivity contribution in [1.82, 2.24) is 0 Å². The Morgan fingerprint density at radius 2 is 1.75 bits per heavy atom. The summed E-state index contributed by atoms with van der Waals surface area (Å²) < 4.78 is 0. The molecule has 3 heteroatoms. The van der Waals surface area contributed by atoms with Gasteiger partial charge in [-0.25, -0.2) is 0 Å². The van der Waals surface area contributed by atoms with Crippen LogP contribution in [0.2, 0.25) is 0 Å². The first-order chi connectivity index (χ1) is 1.41. The summed E-state index contributed by atoms with van der Waals surface area (Å²) in [6.07, 6.45) is 0.250. The molecule has 2 nitrogen and oxygen atoms in total. The summed E-state index contributed by atoms with van der Waals surface area (Å²) in [6, 6.07) is 0. The average Bonchev–Trinajstić information content (AvgIpc) is 0.918. The third kappa shape index (κ3) is 116. The molecule has 0 aliphatic rings. The second-order valence-corrected chi connectivity index (χ2v) is 0.136. The van der Waals surface area contributed by atoms with E-state index in [1.54, 1.807) is 0 Å². The molecule has 0 saturated heterocycles. The van der Waals surface area contributed by atoms with E-state index in [2.05, 4.69) is 5.73 Å². The van der Waals surface area contributed by atoms with Gasteiger partial charge >= 0.3 is 0 Å². The largest absolute Gasteiger partial charge is 0.372 e. The molecule has 1 amide bonds. The van der Waals surface area contributed by atoms with Gasteiger partial charge in [0.1, 0.15) is 0 Å². The zero-order valence-electron chi connectivity index (χ0n) is 1.88. The molecule has 0 spiro atoms. The molecule has 0 rings (SSSR count). The fraction of sp³-hybridized carbons (Fsp3) is 0. The summed E-state index contributed by atoms with van der Waals surface area (Å²) in [7, 11) is 0. The molecule has 4 heavy (non-hydrogen) atoms. The Labute approximate surface area is 38.6 Å². The van der Waals surface area contributed by atoms with E-state index in [4.69, 9.17) is 4.79 Å². The van der Waals surface area contributed by atoms with E-state index in [0.29, 0.717) is 0 Å². The first-order valence-corrected chi connectivity index (χ1v) is 0.569. The van der Waals surface area contributed by atoms with Crippen LogP contribution in [0.1, 0.15) is 0 Å². The van der Waals surface area contributed by atoms with Crippen molar-refractivity contribution in [1.29, 1.82) is 0 Å². The van der Waals surface area contributed by atoms with Gasteiger partial charge in [-0.15, -0.1) is 0 Å². The molecule has 0 fully saturated rings. The molecule has 0 saturated carbocycles. The molecular formula is CH3NOPt. The Morgan fingerprint density at radius 1 is 1.75 bits per heavy atom. The molecule has 2 N–H and O–H groups in total. The number of hydrogen-bond acceptors (Lipinski definition) is 1. The van der Waals surface area contributed by atoms with E-state index < -0.39 is 0 Å². The molecule has 0 heterocycles. The minimum Gasteiger partial charge on any atom is -0.372 e. The van der Waals surface area contributed by atoms with Gasteiger partial charge in [0.25, 0.3) is 0 Å². The van der Waals surface area contributed by atoms with E-state index in [9.17, 15) is 0 Å². The molecule has 0 aromatic carbocycles. The Balaban J connectivity index is 0. The number of rotatable bonds is 0. The van der Waals surface area contributed by atoms with Crippen molar-refractivity contribution in [3.8, 4) is 0 Å². The predicted octanol–water partition coefficient (Wildman–Crippen LogP) is -0.901. The minimum absolute atomic E-state index is 0. The normalized spacial score (nSPS) is 3.00. The number of carbonyl (C=O) groups is 1. The second kappa shape index (κ2) is 11.0. The number of amides is 1. The van der Waals surface area contributed by atoms with Gasteiger partial charge in [-0.2, -0.15) is 0 Å². The molecule has 0 aliphatic carbocycles. The van der Waals surface area contributed by atoms with Crippen molar-refractivity contribution in [2.45, 2.75) is 0 Å². The fourth-order valence-corrected chi connectivity index (χ4v) is 0. The molecule has 0 radical (unpaired) electrons. The summed E-state index contributed by atoms with van der Waals surface area (Å²) in [5.41, 5.74) is 4.17. The van der Waals surface area contributed by atoms with Crippen LogP contribution in [-0.4, -0.2) is 6.41 Å². The molecule has 0 aliphatic heterocycles. The molecule has 28 valence electrons. The van der Waals surface area contributed by atoms with E-state index in [1.807, 2.05) is 0 Å². The second-order valence-electron chi connectivity index (χ2n) is 0.136. The zero-order valence-corrected chi connectivity index (χ0v) is 4.15. The van der Waals surface area contributed by atoms with Gasteiger partial charge in [-0.1, -0.05) is 0 Å². The van der Waals surface area contributed by atoms with Gasteiger partial charge in [0.05, 0.1) is 0 Å². The maximum Gasteiger partial charge on any atom is 0.204 e. The van der Waals surface area contributed by atoms with Crippen molar-refractivity contribution in [3.63, 3.8) is 0 Å². The third-order valence-corrected chi connectivity index (χ3v) is 0. The SMILES string of the molecule is NC=O.[Pt]. The summed E-state index contributed by atoms with van der Waals surface area (Å²) in [4.78, 5) is 8.58. The van der Waals surface area contributed by atoms with Crippen molar-refractivity contribution >= 4 is 6.41 Å². The van der Waals surface area contributed by atoms with Gasteiger partial charge in [-0.3, -0.25) is 4.79 Å². The van der Waals surface area contributed by atoms with Crippen LogP contribution in [0, 0.1) is 0 Å². The van der Waals surface area contributed by atoms with Gasteiger partial charge < -0.3 is 5.73 Å². The molecule has 0 unspecified atom stereocenters. The quantitative estimate of drug-likeness (QED) is 0.548. The summed E-state index contributed by atoms with van der Waals surface area (Å²) in [5.74, 6) is 0. The summed E-state index contributed by atoms with van der Waals surface area (Å²) >= 11 is 0. The van der Waals surface area contributed by atoms with Crippen molar-refractivity contribution < 1.29 is 25.9 Å². The third-order valence-electron chi connectivity index (χ3n) is 0. The standard InChI is InChI=1S/CH3NO.Pt/c2-1-3;/h1H,(H2,2,3);. The van der Waals surface area contributed by atoms with Crippen LogP contribution in [0.5, 0.6) is 0 Å². The Morgan fingerprint density at radius 3 is 1.75 bits per heavy atom. The predicted molar refractivity (Wildman–Crippen MR) is 10.3 cm³/mol. The van der Waals surface area contributed by atoms with E-state index in [1.165, 1.54) is 0 Å². The van der Waals surface area contributed by atoms with E-state index in [0.717, 1.165) is 0 Å². The monoisotopic (exact) mass is 240 g/mol. The maximum absolute atomic E-state index is 8.58. The Kier molecular flexibility index (Phi) is 24.4. The van der Waals surface area contributed by atoms with Crippen LogP contribution in [0.25, 0.3) is 0 Å². The van der Waals surface area contributed by atoms with Gasteiger partial charge in [0.15, 0.2) is 0 Å². The summed E-state index contributed by atoms with van der Waals surface area (Å²) in [5, 5.41) is 0. The van der Waals surface area contributed by atoms with Crippen molar-refractivity contribution in [2.24, 2.45) is 5.73 Å². The van der Waals surface area contributed by atoms with Gasteiger partial charge in [0, 0.05) is 21.1 Å². The number of carbonyl (C=O) groups excluding carboxylic acids is 1. The first kappa shape index (κ1) is 8.90. The zero-order chi connectivity index (χ0) is 2.71. The molecule has 0 aromatic heterocycles. The minimum atomic E-state index is 0. The smallest absolute Gasteiger partial charge is 0.204 e. The maximum atomic E-state index is 8.58. The number of primary amides is 1. The van der Waals surface area contributed by atoms with E-state index >= 15 is 0 Å².